The molecule has 0 aliphatic carbocycles. The molecule has 0 saturated carbocycles. The number of amides is 1. The second-order valence-corrected chi connectivity index (χ2v) is 5.51. The third kappa shape index (κ3) is 9.22. The second kappa shape index (κ2) is 12.5. The molecule has 8 nitrogen and oxygen atoms in total. The third-order valence-corrected chi connectivity index (χ3v) is 3.30. The molecule has 140 valence electrons. The van der Waals surface area contributed by atoms with Gasteiger partial charge in [-0.2, -0.15) is 0 Å². The third-order valence-electron chi connectivity index (χ3n) is 3.30. The molecular weight excluding hydrogens is 437 g/mol. The molecule has 0 fully saturated rings. The van der Waals surface area contributed by atoms with Gasteiger partial charge in [0.05, 0.1) is 18.0 Å². The highest BCUT2D eigenvalue weighted by Crippen LogP contribution is 2.12. The number of carbonyl (C=O) groups excluding carboxylic acids is 1. The summed E-state index contributed by atoms with van der Waals surface area (Å²) >= 11 is 0. The Bertz CT molecular complexity index is 576. The number of hydrogen-bond acceptors (Lipinski definition) is 4. The predicted octanol–water partition coefficient (Wildman–Crippen LogP) is 2.14. The molecule has 0 aromatic heterocycles. The SMILES string of the molecule is CCCCNC(=NCc1ccc([N+](=O)[O-])cc1)NCC(=O)N(C)C.I. The lowest BCUT2D eigenvalue weighted by atomic mass is 10.2. The van der Waals surface area contributed by atoms with Crippen LogP contribution in [0.3, 0.4) is 0 Å². The van der Waals surface area contributed by atoms with E-state index in [-0.39, 0.29) is 42.1 Å². The topological polar surface area (TPSA) is 99.9 Å². The average molecular weight is 463 g/mol. The molecule has 0 heterocycles. The smallest absolute Gasteiger partial charge is 0.269 e. The minimum absolute atomic E-state index is 0. The Balaban J connectivity index is 0.00000576. The zero-order valence-corrected chi connectivity index (χ0v) is 17.1. The molecule has 1 aromatic rings. The largest absolute Gasteiger partial charge is 0.356 e. The van der Waals surface area contributed by atoms with Crippen LogP contribution in [-0.4, -0.2) is 48.9 Å². The van der Waals surface area contributed by atoms with Crippen LogP contribution in [0.2, 0.25) is 0 Å². The van der Waals surface area contributed by atoms with E-state index < -0.39 is 4.92 Å². The number of non-ortho nitro benzene ring substituents is 1. The monoisotopic (exact) mass is 463 g/mol. The van der Waals surface area contributed by atoms with Crippen molar-refractivity contribution in [1.82, 2.24) is 15.5 Å². The first kappa shape index (κ1) is 23.1. The van der Waals surface area contributed by atoms with Gasteiger partial charge in [-0.15, -0.1) is 24.0 Å². The van der Waals surface area contributed by atoms with Crippen molar-refractivity contribution in [2.75, 3.05) is 27.2 Å². The molecule has 0 unspecified atom stereocenters. The van der Waals surface area contributed by atoms with Gasteiger partial charge in [0.15, 0.2) is 5.96 Å². The summed E-state index contributed by atoms with van der Waals surface area (Å²) < 4.78 is 0. The molecule has 0 bridgehead atoms. The van der Waals surface area contributed by atoms with Gasteiger partial charge in [0.25, 0.3) is 5.69 Å². The summed E-state index contributed by atoms with van der Waals surface area (Å²) in [5.74, 6) is 0.507. The number of nitro groups is 1. The number of carbonyl (C=O) groups is 1. The summed E-state index contributed by atoms with van der Waals surface area (Å²) in [5.41, 5.74) is 0.912. The first-order valence-corrected chi connectivity index (χ1v) is 7.89. The van der Waals surface area contributed by atoms with E-state index in [1.807, 2.05) is 0 Å². The maximum absolute atomic E-state index is 11.7. The van der Waals surface area contributed by atoms with Crippen molar-refractivity contribution >= 4 is 41.5 Å². The molecule has 0 saturated heterocycles. The van der Waals surface area contributed by atoms with E-state index in [2.05, 4.69) is 22.5 Å². The van der Waals surface area contributed by atoms with Crippen LogP contribution < -0.4 is 10.6 Å². The van der Waals surface area contributed by atoms with Crippen LogP contribution in [0.15, 0.2) is 29.3 Å². The molecule has 1 aromatic carbocycles. The standard InChI is InChI=1S/C16H25N5O3.HI/c1-4-5-10-17-16(19-12-15(22)20(2)3)18-11-13-6-8-14(9-7-13)21(23)24;/h6-9H,4-5,10-12H2,1-3H3,(H2,17,18,19);1H. The zero-order chi connectivity index (χ0) is 17.9. The molecule has 0 radical (unpaired) electrons. The molecule has 0 aliphatic rings. The maximum atomic E-state index is 11.7. The summed E-state index contributed by atoms with van der Waals surface area (Å²) in [7, 11) is 3.39. The first-order chi connectivity index (χ1) is 11.4. The number of nitrogens with zero attached hydrogens (tertiary/aromatic N) is 3. The highest BCUT2D eigenvalue weighted by atomic mass is 127. The van der Waals surface area contributed by atoms with Crippen LogP contribution in [0.5, 0.6) is 0 Å². The Kier molecular flexibility index (Phi) is 11.5. The molecule has 1 rings (SSSR count). The van der Waals surface area contributed by atoms with E-state index in [9.17, 15) is 14.9 Å². The van der Waals surface area contributed by atoms with Crippen molar-refractivity contribution in [3.05, 3.63) is 39.9 Å². The van der Waals surface area contributed by atoms with Gasteiger partial charge in [-0.05, 0) is 12.0 Å². The number of rotatable bonds is 8. The van der Waals surface area contributed by atoms with Crippen molar-refractivity contribution in [2.45, 2.75) is 26.3 Å². The van der Waals surface area contributed by atoms with E-state index in [0.29, 0.717) is 12.5 Å². The van der Waals surface area contributed by atoms with E-state index in [1.165, 1.54) is 17.0 Å². The van der Waals surface area contributed by atoms with Crippen LogP contribution in [-0.2, 0) is 11.3 Å². The van der Waals surface area contributed by atoms with E-state index in [1.54, 1.807) is 26.2 Å². The van der Waals surface area contributed by atoms with Crippen LogP contribution >= 0.6 is 24.0 Å². The number of guanidine groups is 1. The number of unbranched alkanes of at least 4 members (excludes halogenated alkanes) is 1. The van der Waals surface area contributed by atoms with Crippen molar-refractivity contribution in [1.29, 1.82) is 0 Å². The maximum Gasteiger partial charge on any atom is 0.269 e. The van der Waals surface area contributed by atoms with Gasteiger partial charge in [-0.1, -0.05) is 25.5 Å². The van der Waals surface area contributed by atoms with Gasteiger partial charge in [0, 0.05) is 32.8 Å². The number of nitrogens with one attached hydrogen (secondary N) is 2. The number of likely N-dealkylation sites (N-methyl/N-ethyl adjacent to an activating group) is 1. The first-order valence-electron chi connectivity index (χ1n) is 7.89. The Morgan fingerprint density at radius 2 is 1.88 bits per heavy atom. The van der Waals surface area contributed by atoms with Crippen molar-refractivity contribution < 1.29 is 9.72 Å². The highest BCUT2D eigenvalue weighted by molar-refractivity contribution is 14.0. The van der Waals surface area contributed by atoms with Gasteiger partial charge < -0.3 is 15.5 Å². The molecule has 1 amide bonds. The number of nitro benzene ring substituents is 1. The zero-order valence-electron chi connectivity index (χ0n) is 14.8. The molecule has 0 atom stereocenters. The number of aliphatic imine (C=N–C) groups is 1. The van der Waals surface area contributed by atoms with Gasteiger partial charge >= 0.3 is 0 Å². The quantitative estimate of drug-likeness (QED) is 0.154. The van der Waals surface area contributed by atoms with E-state index in [0.717, 1.165) is 24.9 Å². The Hall–Kier alpha value is -1.91. The van der Waals surface area contributed by atoms with E-state index in [4.69, 9.17) is 0 Å². The lowest BCUT2D eigenvalue weighted by molar-refractivity contribution is -0.384. The molecule has 0 aliphatic heterocycles. The Morgan fingerprint density at radius 3 is 2.40 bits per heavy atom. The lowest BCUT2D eigenvalue weighted by Gasteiger charge is -2.14. The predicted molar refractivity (Wildman–Crippen MR) is 109 cm³/mol. The van der Waals surface area contributed by atoms with Gasteiger partial charge in [0.2, 0.25) is 5.91 Å². The second-order valence-electron chi connectivity index (χ2n) is 5.51. The normalized spacial score (nSPS) is 10.6. The van der Waals surface area contributed by atoms with Crippen molar-refractivity contribution in [3.63, 3.8) is 0 Å². The number of halogens is 1. The average Bonchev–Trinajstić information content (AvgIpc) is 2.56. The molecule has 0 spiro atoms. The van der Waals surface area contributed by atoms with Crippen LogP contribution in [0, 0.1) is 10.1 Å². The van der Waals surface area contributed by atoms with Crippen LogP contribution in [0.25, 0.3) is 0 Å². The minimum atomic E-state index is -0.431. The highest BCUT2D eigenvalue weighted by Gasteiger charge is 2.06. The fourth-order valence-electron chi connectivity index (χ4n) is 1.77. The van der Waals surface area contributed by atoms with Crippen LogP contribution in [0.4, 0.5) is 5.69 Å². The Morgan fingerprint density at radius 1 is 1.24 bits per heavy atom. The van der Waals surface area contributed by atoms with Gasteiger partial charge in [-0.25, -0.2) is 4.99 Å². The molecular formula is C16H26IN5O3. The van der Waals surface area contributed by atoms with Gasteiger partial charge in [-0.3, -0.25) is 14.9 Å². The lowest BCUT2D eigenvalue weighted by Crippen LogP contribution is -2.43. The molecule has 2 N–H and O–H groups in total. The summed E-state index contributed by atoms with van der Waals surface area (Å²) in [6, 6.07) is 6.27. The van der Waals surface area contributed by atoms with Crippen molar-refractivity contribution in [3.8, 4) is 0 Å². The minimum Gasteiger partial charge on any atom is -0.356 e. The van der Waals surface area contributed by atoms with Crippen LogP contribution in [0.1, 0.15) is 25.3 Å². The molecule has 9 heteroatoms. The Labute approximate surface area is 165 Å². The summed E-state index contributed by atoms with van der Waals surface area (Å²) in [6.45, 7) is 3.39. The summed E-state index contributed by atoms with van der Waals surface area (Å²) in [5, 5.41) is 16.8. The summed E-state index contributed by atoms with van der Waals surface area (Å²) in [6.07, 6.45) is 2.05. The van der Waals surface area contributed by atoms with Gasteiger partial charge in [0.1, 0.15) is 0 Å². The fourth-order valence-corrected chi connectivity index (χ4v) is 1.77. The number of benzene rings is 1. The fraction of sp³-hybridized carbons (Fsp3) is 0.500. The molecule has 25 heavy (non-hydrogen) atoms. The number of hydrogen-bond donors (Lipinski definition) is 2. The van der Waals surface area contributed by atoms with E-state index >= 15 is 0 Å². The summed E-state index contributed by atoms with van der Waals surface area (Å²) in [4.78, 5) is 27.8. The van der Waals surface area contributed by atoms with Crippen molar-refractivity contribution in [2.24, 2.45) is 4.99 Å².